The van der Waals surface area contributed by atoms with Gasteiger partial charge in [0.25, 0.3) is 5.69 Å². The third-order valence-electron chi connectivity index (χ3n) is 3.86. The van der Waals surface area contributed by atoms with Gasteiger partial charge in [-0.15, -0.1) is 0 Å². The number of nitrogens with zero attached hydrogens (tertiary/aromatic N) is 2. The van der Waals surface area contributed by atoms with Crippen LogP contribution in [0.2, 0.25) is 0 Å². The van der Waals surface area contributed by atoms with Gasteiger partial charge in [0.1, 0.15) is 0 Å². The fraction of sp³-hybridized carbons (Fsp3) is 0.538. The Kier molecular flexibility index (Phi) is 4.31. The van der Waals surface area contributed by atoms with Crippen LogP contribution in [0.4, 0.5) is 5.69 Å². The lowest BCUT2D eigenvalue weighted by atomic mass is 10.1. The molecule has 1 aromatic carbocycles. The van der Waals surface area contributed by atoms with Crippen LogP contribution in [-0.2, 0) is 10.0 Å². The summed E-state index contributed by atoms with van der Waals surface area (Å²) in [7, 11) is -3.72. The number of piperazine rings is 1. The molecular weight excluding hydrogens is 294 g/mol. The van der Waals surface area contributed by atoms with Gasteiger partial charge in [0.15, 0.2) is 0 Å². The van der Waals surface area contributed by atoms with Crippen LogP contribution >= 0.6 is 0 Å². The lowest BCUT2D eigenvalue weighted by Crippen LogP contribution is -2.52. The molecule has 0 bridgehead atoms. The third kappa shape index (κ3) is 2.92. The summed E-state index contributed by atoms with van der Waals surface area (Å²) in [5.74, 6) is 0. The molecule has 0 unspecified atom stereocenters. The minimum Gasteiger partial charge on any atom is -0.314 e. The number of sulfonamides is 1. The van der Waals surface area contributed by atoms with E-state index in [1.807, 2.05) is 6.92 Å². The lowest BCUT2D eigenvalue weighted by Gasteiger charge is -2.32. The highest BCUT2D eigenvalue weighted by atomic mass is 32.2. The molecule has 1 N–H and O–H groups in total. The monoisotopic (exact) mass is 313 g/mol. The number of nitrogens with one attached hydrogen (secondary N) is 1. The van der Waals surface area contributed by atoms with Crippen molar-refractivity contribution in [3.8, 4) is 0 Å². The first-order valence-corrected chi connectivity index (χ1v) is 8.17. The molecule has 0 amide bonds. The summed E-state index contributed by atoms with van der Waals surface area (Å²) in [6.07, 6.45) is 0. The van der Waals surface area contributed by atoms with Gasteiger partial charge in [-0.1, -0.05) is 0 Å². The predicted molar refractivity (Wildman–Crippen MR) is 78.8 cm³/mol. The summed E-state index contributed by atoms with van der Waals surface area (Å²) in [5.41, 5.74) is 0.939. The molecule has 1 atom stereocenters. The summed E-state index contributed by atoms with van der Waals surface area (Å²) in [5, 5.41) is 14.2. The zero-order valence-corrected chi connectivity index (χ0v) is 13.1. The maximum Gasteiger partial charge on any atom is 0.273 e. The summed E-state index contributed by atoms with van der Waals surface area (Å²) in [6, 6.07) is 2.49. The second kappa shape index (κ2) is 5.70. The van der Waals surface area contributed by atoms with E-state index in [9.17, 15) is 18.5 Å². The van der Waals surface area contributed by atoms with E-state index in [0.29, 0.717) is 30.8 Å². The molecule has 2 rings (SSSR count). The zero-order valence-electron chi connectivity index (χ0n) is 12.3. The number of nitro benzene ring substituents is 1. The molecule has 0 saturated carbocycles. The van der Waals surface area contributed by atoms with Gasteiger partial charge < -0.3 is 5.32 Å². The van der Waals surface area contributed by atoms with Crippen molar-refractivity contribution in [2.45, 2.75) is 31.7 Å². The molecule has 1 saturated heterocycles. The molecule has 8 heteroatoms. The van der Waals surface area contributed by atoms with Crippen molar-refractivity contribution >= 4 is 15.7 Å². The highest BCUT2D eigenvalue weighted by molar-refractivity contribution is 7.89. The average Bonchev–Trinajstić information content (AvgIpc) is 2.41. The predicted octanol–water partition coefficient (Wildman–Crippen LogP) is 1.19. The van der Waals surface area contributed by atoms with E-state index >= 15 is 0 Å². The minimum atomic E-state index is -3.72. The summed E-state index contributed by atoms with van der Waals surface area (Å²) in [4.78, 5) is 10.5. The summed E-state index contributed by atoms with van der Waals surface area (Å²) >= 11 is 0. The van der Waals surface area contributed by atoms with E-state index in [1.54, 1.807) is 13.8 Å². The number of aryl methyl sites for hydroxylation is 1. The van der Waals surface area contributed by atoms with E-state index in [0.717, 1.165) is 6.07 Å². The molecule has 1 fully saturated rings. The van der Waals surface area contributed by atoms with Gasteiger partial charge in [-0.3, -0.25) is 10.1 Å². The Morgan fingerprint density at radius 1 is 1.38 bits per heavy atom. The van der Waals surface area contributed by atoms with Gasteiger partial charge in [-0.2, -0.15) is 4.31 Å². The number of rotatable bonds is 3. The SMILES string of the molecule is Cc1cc(S(=O)(=O)N2CCNC[C@H]2C)cc([N+](=O)[O-])c1C. The first kappa shape index (κ1) is 15.9. The van der Waals surface area contributed by atoms with E-state index in [1.165, 1.54) is 10.4 Å². The van der Waals surface area contributed by atoms with E-state index in [4.69, 9.17) is 0 Å². The quantitative estimate of drug-likeness (QED) is 0.668. The molecule has 7 nitrogen and oxygen atoms in total. The first-order chi connectivity index (χ1) is 9.75. The van der Waals surface area contributed by atoms with Crippen LogP contribution in [0.1, 0.15) is 18.1 Å². The second-order valence-corrected chi connectivity index (χ2v) is 7.20. The van der Waals surface area contributed by atoms with Crippen molar-refractivity contribution in [3.05, 3.63) is 33.4 Å². The maximum absolute atomic E-state index is 12.7. The third-order valence-corrected chi connectivity index (χ3v) is 5.85. The highest BCUT2D eigenvalue weighted by Crippen LogP contribution is 2.28. The van der Waals surface area contributed by atoms with Gasteiger partial charge >= 0.3 is 0 Å². The number of hydrogen-bond acceptors (Lipinski definition) is 5. The van der Waals surface area contributed by atoms with Crippen molar-refractivity contribution in [1.82, 2.24) is 9.62 Å². The Balaban J connectivity index is 2.52. The summed E-state index contributed by atoms with van der Waals surface area (Å²) < 4.78 is 26.8. The lowest BCUT2D eigenvalue weighted by molar-refractivity contribution is -0.385. The van der Waals surface area contributed by atoms with Gasteiger partial charge in [0, 0.05) is 37.3 Å². The maximum atomic E-state index is 12.7. The van der Waals surface area contributed by atoms with Crippen molar-refractivity contribution in [2.75, 3.05) is 19.6 Å². The van der Waals surface area contributed by atoms with Gasteiger partial charge in [0.05, 0.1) is 9.82 Å². The standard InChI is InChI=1S/C13H19N3O4S/c1-9-6-12(7-13(11(9)3)16(17)18)21(19,20)15-5-4-14-8-10(15)2/h6-7,10,14H,4-5,8H2,1-3H3/t10-/m1/s1. The minimum absolute atomic E-state index is 0.00829. The van der Waals surface area contributed by atoms with Crippen LogP contribution in [0.15, 0.2) is 17.0 Å². The van der Waals surface area contributed by atoms with Crippen molar-refractivity contribution in [1.29, 1.82) is 0 Å². The zero-order chi connectivity index (χ0) is 15.8. The second-order valence-electron chi connectivity index (χ2n) is 5.31. The molecule has 1 aromatic rings. The Morgan fingerprint density at radius 3 is 2.62 bits per heavy atom. The van der Waals surface area contributed by atoms with Crippen LogP contribution in [0, 0.1) is 24.0 Å². The number of nitro groups is 1. The van der Waals surface area contributed by atoms with Crippen molar-refractivity contribution in [3.63, 3.8) is 0 Å². The topological polar surface area (TPSA) is 92.6 Å². The van der Waals surface area contributed by atoms with Gasteiger partial charge in [-0.25, -0.2) is 8.42 Å². The highest BCUT2D eigenvalue weighted by Gasteiger charge is 2.32. The van der Waals surface area contributed by atoms with Crippen LogP contribution < -0.4 is 5.32 Å². The summed E-state index contributed by atoms with van der Waals surface area (Å²) in [6.45, 7) is 6.64. The fourth-order valence-electron chi connectivity index (χ4n) is 2.46. The van der Waals surface area contributed by atoms with Crippen LogP contribution in [-0.4, -0.2) is 43.3 Å². The molecule has 1 aliphatic heterocycles. The van der Waals surface area contributed by atoms with Crippen LogP contribution in [0.25, 0.3) is 0 Å². The van der Waals surface area contributed by atoms with Crippen molar-refractivity contribution < 1.29 is 13.3 Å². The van der Waals surface area contributed by atoms with Gasteiger partial charge in [-0.05, 0) is 32.4 Å². The molecule has 0 aromatic heterocycles. The molecule has 0 aliphatic carbocycles. The number of benzene rings is 1. The molecule has 1 aliphatic rings. The van der Waals surface area contributed by atoms with E-state index < -0.39 is 14.9 Å². The van der Waals surface area contributed by atoms with E-state index in [-0.39, 0.29) is 16.6 Å². The largest absolute Gasteiger partial charge is 0.314 e. The molecule has 1 heterocycles. The Morgan fingerprint density at radius 2 is 2.05 bits per heavy atom. The molecule has 21 heavy (non-hydrogen) atoms. The first-order valence-electron chi connectivity index (χ1n) is 6.73. The fourth-order valence-corrected chi connectivity index (χ4v) is 4.20. The smallest absolute Gasteiger partial charge is 0.273 e. The normalized spacial score (nSPS) is 20.4. The average molecular weight is 313 g/mol. The molecule has 0 radical (unpaired) electrons. The molecule has 0 spiro atoms. The molecular formula is C13H19N3O4S. The Bertz CT molecular complexity index is 672. The van der Waals surface area contributed by atoms with Crippen LogP contribution in [0.5, 0.6) is 0 Å². The Labute approximate surface area is 124 Å². The molecule has 116 valence electrons. The van der Waals surface area contributed by atoms with Crippen LogP contribution in [0.3, 0.4) is 0 Å². The van der Waals surface area contributed by atoms with E-state index in [2.05, 4.69) is 5.32 Å². The van der Waals surface area contributed by atoms with Gasteiger partial charge in [0.2, 0.25) is 10.0 Å². The van der Waals surface area contributed by atoms with Crippen molar-refractivity contribution in [2.24, 2.45) is 0 Å². The number of hydrogen-bond donors (Lipinski definition) is 1. The Hall–Kier alpha value is -1.51.